The second-order valence-corrected chi connectivity index (χ2v) is 4.84. The molecule has 1 aliphatic heterocycles. The fourth-order valence-corrected chi connectivity index (χ4v) is 2.66. The molecule has 1 unspecified atom stereocenters. The molecule has 1 aromatic rings. The van der Waals surface area contributed by atoms with Crippen LogP contribution in [0.5, 0.6) is 5.75 Å². The van der Waals surface area contributed by atoms with Crippen molar-refractivity contribution in [3.05, 3.63) is 29.8 Å². The highest BCUT2D eigenvalue weighted by molar-refractivity contribution is 5.66. The molecule has 0 bridgehead atoms. The maximum Gasteiger partial charge on any atom is 0.304 e. The van der Waals surface area contributed by atoms with Gasteiger partial charge in [0.15, 0.2) is 0 Å². The van der Waals surface area contributed by atoms with Crippen LogP contribution in [-0.2, 0) is 4.79 Å². The summed E-state index contributed by atoms with van der Waals surface area (Å²) in [5.41, 5.74) is 1.26. The Kier molecular flexibility index (Phi) is 4.80. The van der Waals surface area contributed by atoms with Crippen LogP contribution in [0, 0.1) is 0 Å². The lowest BCUT2D eigenvalue weighted by Crippen LogP contribution is -2.26. The molecular weight excluding hydrogens is 242 g/mol. The lowest BCUT2D eigenvalue weighted by molar-refractivity contribution is -0.137. The van der Waals surface area contributed by atoms with E-state index in [1.165, 1.54) is 5.56 Å². The summed E-state index contributed by atoms with van der Waals surface area (Å²) in [6.07, 6.45) is 2.46. The van der Waals surface area contributed by atoms with Gasteiger partial charge in [0, 0.05) is 12.6 Å². The van der Waals surface area contributed by atoms with E-state index in [-0.39, 0.29) is 6.42 Å². The fourth-order valence-electron chi connectivity index (χ4n) is 2.66. The molecule has 0 saturated carbocycles. The number of rotatable bonds is 6. The van der Waals surface area contributed by atoms with E-state index in [9.17, 15) is 4.79 Å². The number of likely N-dealkylation sites (tertiary alicyclic amines) is 1. The lowest BCUT2D eigenvalue weighted by atomic mass is 10.0. The van der Waals surface area contributed by atoms with Gasteiger partial charge in [-0.3, -0.25) is 9.69 Å². The Balaban J connectivity index is 2.00. The predicted molar refractivity (Wildman–Crippen MR) is 73.4 cm³/mol. The van der Waals surface area contributed by atoms with E-state index < -0.39 is 5.97 Å². The van der Waals surface area contributed by atoms with Gasteiger partial charge in [-0.1, -0.05) is 12.1 Å². The molecule has 4 nitrogen and oxygen atoms in total. The monoisotopic (exact) mass is 263 g/mol. The van der Waals surface area contributed by atoms with Gasteiger partial charge in [-0.2, -0.15) is 0 Å². The zero-order valence-corrected chi connectivity index (χ0v) is 11.3. The summed E-state index contributed by atoms with van der Waals surface area (Å²) in [5.74, 6) is 0.165. The maximum absolute atomic E-state index is 10.7. The Labute approximate surface area is 114 Å². The van der Waals surface area contributed by atoms with Crippen molar-refractivity contribution in [2.45, 2.75) is 32.2 Å². The number of hydrogen-bond acceptors (Lipinski definition) is 3. The minimum Gasteiger partial charge on any atom is -0.494 e. The number of benzene rings is 1. The molecule has 104 valence electrons. The van der Waals surface area contributed by atoms with Gasteiger partial charge in [-0.15, -0.1) is 0 Å². The van der Waals surface area contributed by atoms with Crippen molar-refractivity contribution in [3.8, 4) is 5.75 Å². The molecule has 1 aromatic carbocycles. The van der Waals surface area contributed by atoms with Gasteiger partial charge < -0.3 is 9.84 Å². The van der Waals surface area contributed by atoms with E-state index in [4.69, 9.17) is 9.84 Å². The topological polar surface area (TPSA) is 49.8 Å². The molecule has 1 heterocycles. The molecule has 0 aliphatic carbocycles. The number of carboxylic acid groups (broad SMARTS) is 1. The van der Waals surface area contributed by atoms with Crippen LogP contribution in [0.1, 0.15) is 37.8 Å². The van der Waals surface area contributed by atoms with Crippen LogP contribution in [0.2, 0.25) is 0 Å². The van der Waals surface area contributed by atoms with E-state index in [0.717, 1.165) is 25.1 Å². The third-order valence-corrected chi connectivity index (χ3v) is 3.55. The van der Waals surface area contributed by atoms with Crippen molar-refractivity contribution in [3.63, 3.8) is 0 Å². The summed E-state index contributed by atoms with van der Waals surface area (Å²) in [5, 5.41) is 8.78. The Morgan fingerprint density at radius 2 is 2.16 bits per heavy atom. The summed E-state index contributed by atoms with van der Waals surface area (Å²) in [6.45, 7) is 4.27. The number of nitrogens with zero attached hydrogens (tertiary/aromatic N) is 1. The number of aliphatic carboxylic acids is 1. The highest BCUT2D eigenvalue weighted by Crippen LogP contribution is 2.32. The summed E-state index contributed by atoms with van der Waals surface area (Å²) >= 11 is 0. The number of carboxylic acids is 1. The van der Waals surface area contributed by atoms with Gasteiger partial charge >= 0.3 is 5.97 Å². The Morgan fingerprint density at radius 1 is 1.42 bits per heavy atom. The van der Waals surface area contributed by atoms with Crippen molar-refractivity contribution < 1.29 is 14.6 Å². The zero-order valence-electron chi connectivity index (χ0n) is 11.3. The minimum atomic E-state index is -0.725. The zero-order chi connectivity index (χ0) is 13.7. The van der Waals surface area contributed by atoms with Gasteiger partial charge in [0.05, 0.1) is 13.0 Å². The number of hydrogen-bond donors (Lipinski definition) is 1. The third-order valence-electron chi connectivity index (χ3n) is 3.55. The highest BCUT2D eigenvalue weighted by atomic mass is 16.5. The second kappa shape index (κ2) is 6.57. The SMILES string of the molecule is CCOc1ccc(C2CCCN2CCC(=O)O)cc1. The average molecular weight is 263 g/mol. The molecule has 2 rings (SSSR count). The van der Waals surface area contributed by atoms with E-state index in [1.807, 2.05) is 19.1 Å². The van der Waals surface area contributed by atoms with Crippen LogP contribution < -0.4 is 4.74 Å². The van der Waals surface area contributed by atoms with Crippen molar-refractivity contribution in [2.75, 3.05) is 19.7 Å². The highest BCUT2D eigenvalue weighted by Gasteiger charge is 2.25. The van der Waals surface area contributed by atoms with Crippen LogP contribution in [-0.4, -0.2) is 35.7 Å². The fraction of sp³-hybridized carbons (Fsp3) is 0.533. The van der Waals surface area contributed by atoms with E-state index in [2.05, 4.69) is 17.0 Å². The average Bonchev–Trinajstić information content (AvgIpc) is 2.86. The van der Waals surface area contributed by atoms with Gasteiger partial charge in [0.2, 0.25) is 0 Å². The van der Waals surface area contributed by atoms with Crippen LogP contribution in [0.4, 0.5) is 0 Å². The molecule has 0 amide bonds. The molecule has 1 atom stereocenters. The molecule has 1 saturated heterocycles. The normalized spacial score (nSPS) is 19.5. The molecule has 0 spiro atoms. The van der Waals surface area contributed by atoms with Crippen molar-refractivity contribution in [2.24, 2.45) is 0 Å². The molecule has 1 fully saturated rings. The van der Waals surface area contributed by atoms with Crippen LogP contribution >= 0.6 is 0 Å². The van der Waals surface area contributed by atoms with Gasteiger partial charge in [-0.25, -0.2) is 0 Å². The Morgan fingerprint density at radius 3 is 2.79 bits per heavy atom. The van der Waals surface area contributed by atoms with Crippen LogP contribution in [0.3, 0.4) is 0 Å². The summed E-state index contributed by atoms with van der Waals surface area (Å²) in [4.78, 5) is 12.9. The first kappa shape index (κ1) is 13.9. The third kappa shape index (κ3) is 3.70. The summed E-state index contributed by atoms with van der Waals surface area (Å²) < 4.78 is 5.44. The molecule has 1 N–H and O–H groups in total. The van der Waals surface area contributed by atoms with Gasteiger partial charge in [0.1, 0.15) is 5.75 Å². The first-order valence-corrected chi connectivity index (χ1v) is 6.89. The maximum atomic E-state index is 10.7. The Hall–Kier alpha value is -1.55. The second-order valence-electron chi connectivity index (χ2n) is 4.84. The van der Waals surface area contributed by atoms with Crippen LogP contribution in [0.25, 0.3) is 0 Å². The lowest BCUT2D eigenvalue weighted by Gasteiger charge is -2.24. The largest absolute Gasteiger partial charge is 0.494 e. The summed E-state index contributed by atoms with van der Waals surface area (Å²) in [7, 11) is 0. The predicted octanol–water partition coefficient (Wildman–Crippen LogP) is 2.70. The number of carbonyl (C=O) groups is 1. The molecule has 0 radical (unpaired) electrons. The quantitative estimate of drug-likeness (QED) is 0.857. The molecular formula is C15H21NO3. The first-order chi connectivity index (χ1) is 9.20. The number of ether oxygens (including phenoxy) is 1. The standard InChI is InChI=1S/C15H21NO3/c1-2-19-13-7-5-12(6-8-13)14-4-3-10-16(14)11-9-15(17)18/h5-8,14H,2-4,9-11H2,1H3,(H,17,18). The molecule has 4 heteroatoms. The van der Waals surface area contributed by atoms with Crippen molar-refractivity contribution in [1.29, 1.82) is 0 Å². The van der Waals surface area contributed by atoms with E-state index in [0.29, 0.717) is 19.2 Å². The van der Waals surface area contributed by atoms with Crippen molar-refractivity contribution >= 4 is 5.97 Å². The molecule has 1 aliphatic rings. The van der Waals surface area contributed by atoms with Crippen molar-refractivity contribution in [1.82, 2.24) is 4.90 Å². The Bertz CT molecular complexity index is 416. The van der Waals surface area contributed by atoms with E-state index >= 15 is 0 Å². The van der Waals surface area contributed by atoms with E-state index in [1.54, 1.807) is 0 Å². The van der Waals surface area contributed by atoms with Gasteiger partial charge in [0.25, 0.3) is 0 Å². The van der Waals surface area contributed by atoms with Gasteiger partial charge in [-0.05, 0) is 44.0 Å². The molecule has 19 heavy (non-hydrogen) atoms. The smallest absolute Gasteiger partial charge is 0.304 e. The summed E-state index contributed by atoms with van der Waals surface area (Å²) in [6, 6.07) is 8.53. The van der Waals surface area contributed by atoms with Crippen LogP contribution in [0.15, 0.2) is 24.3 Å². The first-order valence-electron chi connectivity index (χ1n) is 6.89. The minimum absolute atomic E-state index is 0.216. The molecule has 0 aromatic heterocycles.